The van der Waals surface area contributed by atoms with Crippen molar-refractivity contribution in [3.63, 3.8) is 0 Å². The maximum Gasteiger partial charge on any atom is 0.337 e. The van der Waals surface area contributed by atoms with Crippen LogP contribution in [0.3, 0.4) is 0 Å². The third kappa shape index (κ3) is 9.35. The van der Waals surface area contributed by atoms with E-state index < -0.39 is 5.97 Å². The summed E-state index contributed by atoms with van der Waals surface area (Å²) < 4.78 is 13.2. The number of rotatable bonds is 6. The maximum atomic E-state index is 11.5. The summed E-state index contributed by atoms with van der Waals surface area (Å²) in [7, 11) is 1.35. The highest BCUT2D eigenvalue weighted by atomic mass is 35.5. The number of ether oxygens (including phenoxy) is 2. The minimum Gasteiger partial charge on any atom is -0.478 e. The summed E-state index contributed by atoms with van der Waals surface area (Å²) in [5.74, 6) is -1.35. The number of benzene rings is 2. The number of hydrogen-bond donors (Lipinski definition) is 1. The van der Waals surface area contributed by atoms with Gasteiger partial charge in [0.05, 0.1) is 66.1 Å². The van der Waals surface area contributed by atoms with Crippen molar-refractivity contribution < 1.29 is 24.2 Å². The van der Waals surface area contributed by atoms with E-state index in [0.717, 1.165) is 40.7 Å². The number of methoxy groups -OCH3 is 1. The van der Waals surface area contributed by atoms with Crippen molar-refractivity contribution in [2.24, 2.45) is 0 Å². The fourth-order valence-corrected chi connectivity index (χ4v) is 5.05. The topological polar surface area (TPSA) is 134 Å². The van der Waals surface area contributed by atoms with Gasteiger partial charge in [0.1, 0.15) is 0 Å². The van der Waals surface area contributed by atoms with Crippen LogP contribution in [0.15, 0.2) is 85.5 Å². The molecule has 47 heavy (non-hydrogen) atoms. The van der Waals surface area contributed by atoms with Crippen LogP contribution in [0.4, 0.5) is 0 Å². The number of carbonyl (C=O) groups excluding carboxylic acids is 1. The second-order valence-electron chi connectivity index (χ2n) is 10.2. The first kappa shape index (κ1) is 35.0. The van der Waals surface area contributed by atoms with Gasteiger partial charge in [-0.1, -0.05) is 30.6 Å². The van der Waals surface area contributed by atoms with Crippen LogP contribution >= 0.6 is 23.2 Å². The molecule has 0 radical (unpaired) electrons. The second kappa shape index (κ2) is 16.6. The summed E-state index contributed by atoms with van der Waals surface area (Å²) >= 11 is 11.9. The Bertz CT molecular complexity index is 1960. The molecule has 4 aromatic heterocycles. The lowest BCUT2D eigenvalue weighted by molar-refractivity contribution is 0.0599. The van der Waals surface area contributed by atoms with Gasteiger partial charge in [-0.2, -0.15) is 10.2 Å². The number of carboxylic acids is 1. The third-order valence-electron chi connectivity index (χ3n) is 6.96. The van der Waals surface area contributed by atoms with E-state index in [1.165, 1.54) is 32.2 Å². The summed E-state index contributed by atoms with van der Waals surface area (Å²) in [5, 5.41) is 20.8. The molecule has 0 aliphatic carbocycles. The van der Waals surface area contributed by atoms with Gasteiger partial charge in [0, 0.05) is 46.4 Å². The normalized spacial score (nSPS) is 12.0. The van der Waals surface area contributed by atoms with Crippen LogP contribution in [-0.4, -0.2) is 66.9 Å². The van der Waals surface area contributed by atoms with Crippen LogP contribution in [0.2, 0.25) is 10.0 Å². The van der Waals surface area contributed by atoms with Gasteiger partial charge < -0.3 is 14.6 Å². The molecule has 5 heterocycles. The van der Waals surface area contributed by atoms with Crippen LogP contribution in [0, 0.1) is 0 Å². The van der Waals surface area contributed by atoms with Crippen LogP contribution in [0.25, 0.3) is 21.8 Å². The van der Waals surface area contributed by atoms with E-state index in [4.69, 9.17) is 37.8 Å². The number of aromatic nitrogens is 6. The number of pyridine rings is 2. The Morgan fingerprint density at radius 1 is 0.787 bits per heavy atom. The van der Waals surface area contributed by atoms with Gasteiger partial charge in [0.15, 0.2) is 0 Å². The van der Waals surface area contributed by atoms with Crippen molar-refractivity contribution in [1.29, 1.82) is 0 Å². The number of halogens is 2. The zero-order valence-electron chi connectivity index (χ0n) is 24.8. The highest BCUT2D eigenvalue weighted by Crippen LogP contribution is 2.21. The predicted octanol–water partition coefficient (Wildman–Crippen LogP) is 7.18. The molecule has 11 nitrogen and oxygen atoms in total. The van der Waals surface area contributed by atoms with Gasteiger partial charge in [-0.15, -0.1) is 0 Å². The third-order valence-corrected chi connectivity index (χ3v) is 7.43. The van der Waals surface area contributed by atoms with E-state index in [0.29, 0.717) is 34.4 Å². The fraction of sp³-hybridized carbons (Fsp3) is 0.235. The van der Waals surface area contributed by atoms with Gasteiger partial charge >= 0.3 is 11.9 Å². The summed E-state index contributed by atoms with van der Waals surface area (Å²) in [6.45, 7) is 2.88. The minimum atomic E-state index is -0.967. The molecule has 1 fully saturated rings. The largest absolute Gasteiger partial charge is 0.478 e. The standard InChI is InChI=1S/C15H12ClN3O2.C14H10ClN3O2.C4H8O.CH4/c1-21-15(20)10-4-5-17-13(7-10)9-19-14-3-2-12(16)6-11(14)8-18-19;15-11-1-2-13-10(5-11)7-17-18(13)8-12-6-9(14(19)20)3-4-16-12;1-2-4-5-3-1;/h2-8H,9H2,1H3;1-7H,8H2,(H,19,20);1-4H2;1H4. The molecule has 0 amide bonds. The Morgan fingerprint density at radius 2 is 1.28 bits per heavy atom. The zero-order chi connectivity index (χ0) is 32.5. The SMILES string of the molecule is C.C1CCOC1.COC(=O)c1ccnc(Cn2ncc3cc(Cl)ccc32)c1.O=C(O)c1ccnc(Cn2ncc3cc(Cl)ccc32)c1. The first-order valence-electron chi connectivity index (χ1n) is 14.3. The highest BCUT2D eigenvalue weighted by Gasteiger charge is 2.10. The van der Waals surface area contributed by atoms with E-state index in [1.807, 2.05) is 35.0 Å². The summed E-state index contributed by atoms with van der Waals surface area (Å²) in [6, 6.07) is 17.4. The Hall–Kier alpha value is -4.84. The number of hydrogen-bond acceptors (Lipinski definition) is 8. The fourth-order valence-electron chi connectivity index (χ4n) is 4.69. The first-order chi connectivity index (χ1) is 22.3. The summed E-state index contributed by atoms with van der Waals surface area (Å²) in [6.07, 6.45) is 9.11. The molecule has 1 N–H and O–H groups in total. The first-order valence-corrected chi connectivity index (χ1v) is 15.1. The number of nitrogens with zero attached hydrogens (tertiary/aromatic N) is 6. The molecule has 1 aliphatic rings. The average molecular weight is 678 g/mol. The molecule has 0 atom stereocenters. The van der Waals surface area contributed by atoms with E-state index in [1.54, 1.807) is 47.5 Å². The lowest BCUT2D eigenvalue weighted by atomic mass is 10.2. The molecule has 0 saturated carbocycles. The van der Waals surface area contributed by atoms with E-state index in [-0.39, 0.29) is 19.0 Å². The Balaban J connectivity index is 0.000000182. The van der Waals surface area contributed by atoms with E-state index >= 15 is 0 Å². The smallest absolute Gasteiger partial charge is 0.337 e. The molecule has 6 aromatic rings. The van der Waals surface area contributed by atoms with Gasteiger partial charge in [-0.05, 0) is 73.5 Å². The molecular weight excluding hydrogens is 643 g/mol. The van der Waals surface area contributed by atoms with Crippen LogP contribution in [0.1, 0.15) is 52.4 Å². The van der Waals surface area contributed by atoms with Gasteiger partial charge in [0.2, 0.25) is 0 Å². The van der Waals surface area contributed by atoms with E-state index in [2.05, 4.69) is 20.2 Å². The quantitative estimate of drug-likeness (QED) is 0.182. The number of carboxylic acid groups (broad SMARTS) is 1. The highest BCUT2D eigenvalue weighted by molar-refractivity contribution is 6.31. The number of esters is 1. The van der Waals surface area contributed by atoms with Gasteiger partial charge in [-0.3, -0.25) is 19.3 Å². The van der Waals surface area contributed by atoms with Crippen molar-refractivity contribution >= 4 is 56.9 Å². The van der Waals surface area contributed by atoms with Crippen molar-refractivity contribution in [2.45, 2.75) is 33.4 Å². The zero-order valence-corrected chi connectivity index (χ0v) is 26.4. The lowest BCUT2D eigenvalue weighted by Crippen LogP contribution is -2.06. The van der Waals surface area contributed by atoms with Crippen molar-refractivity contribution in [1.82, 2.24) is 29.5 Å². The minimum absolute atomic E-state index is 0. The summed E-state index contributed by atoms with van der Waals surface area (Å²) in [4.78, 5) is 30.9. The van der Waals surface area contributed by atoms with Crippen LogP contribution < -0.4 is 0 Å². The number of carbonyl (C=O) groups is 2. The molecular formula is C34H34Cl2N6O5. The molecule has 2 aromatic carbocycles. The molecule has 0 spiro atoms. The van der Waals surface area contributed by atoms with Gasteiger partial charge in [-0.25, -0.2) is 9.59 Å². The van der Waals surface area contributed by atoms with Crippen LogP contribution in [-0.2, 0) is 22.6 Å². The molecule has 0 bridgehead atoms. The predicted molar refractivity (Wildman–Crippen MR) is 181 cm³/mol. The van der Waals surface area contributed by atoms with Crippen molar-refractivity contribution in [3.05, 3.63) is 118 Å². The summed E-state index contributed by atoms with van der Waals surface area (Å²) in [5.41, 5.74) is 3.96. The molecule has 1 saturated heterocycles. The molecule has 7 rings (SSSR count). The maximum absolute atomic E-state index is 11.5. The second-order valence-corrected chi connectivity index (χ2v) is 11.1. The Kier molecular flexibility index (Phi) is 12.4. The van der Waals surface area contributed by atoms with E-state index in [9.17, 15) is 9.59 Å². The lowest BCUT2D eigenvalue weighted by Gasteiger charge is -2.05. The molecule has 244 valence electrons. The monoisotopic (exact) mass is 676 g/mol. The van der Waals surface area contributed by atoms with Gasteiger partial charge in [0.25, 0.3) is 0 Å². The molecule has 13 heteroatoms. The Morgan fingerprint density at radius 3 is 1.72 bits per heavy atom. The molecule has 1 aliphatic heterocycles. The Labute approximate surface area is 281 Å². The average Bonchev–Trinajstić information content (AvgIpc) is 3.85. The number of aromatic carboxylic acids is 1. The molecule has 0 unspecified atom stereocenters. The van der Waals surface area contributed by atoms with Crippen LogP contribution in [0.5, 0.6) is 0 Å². The number of fused-ring (bicyclic) bond motifs is 2. The van der Waals surface area contributed by atoms with Crippen molar-refractivity contribution in [2.75, 3.05) is 20.3 Å². The van der Waals surface area contributed by atoms with Crippen molar-refractivity contribution in [3.8, 4) is 0 Å².